The normalized spacial score (nSPS) is 36.3. The van der Waals surface area contributed by atoms with Crippen molar-refractivity contribution >= 4 is 28.7 Å². The molecule has 2 aromatic rings. The van der Waals surface area contributed by atoms with Gasteiger partial charge in [0.15, 0.2) is 0 Å². The van der Waals surface area contributed by atoms with Crippen LogP contribution in [0.4, 0.5) is 0 Å². The molecule has 1 aromatic carbocycles. The Hall–Kier alpha value is -3.09. The van der Waals surface area contributed by atoms with Crippen molar-refractivity contribution in [3.8, 4) is 0 Å². The Morgan fingerprint density at radius 3 is 2.64 bits per heavy atom. The van der Waals surface area contributed by atoms with Gasteiger partial charge in [0, 0.05) is 42.8 Å². The SMILES string of the molecule is CC(=O)O[C@H]1CC[C@@]2(C)C(=CC[C@H]3[C@@H]4CC[C@H]([C@H](C)CCC(=O)N5Cc6[nH]c7ccccc7c6C[C@H]5C(=O)O)[C@@]4(C)CC[C@@H]32)C1. The minimum atomic E-state index is -0.923. The first-order chi connectivity index (χ1) is 21.5. The summed E-state index contributed by atoms with van der Waals surface area (Å²) in [6.07, 6.45) is 13.2. The van der Waals surface area contributed by atoms with Crippen molar-refractivity contribution in [1.29, 1.82) is 0 Å². The lowest BCUT2D eigenvalue weighted by Crippen LogP contribution is -2.51. The lowest BCUT2D eigenvalue weighted by atomic mass is 9.47. The molecular weight excluding hydrogens is 564 g/mol. The Labute approximate surface area is 267 Å². The highest BCUT2D eigenvalue weighted by molar-refractivity contribution is 5.89. The Bertz CT molecular complexity index is 1540. The molecule has 9 atom stereocenters. The van der Waals surface area contributed by atoms with E-state index in [4.69, 9.17) is 4.74 Å². The second-order valence-corrected chi connectivity index (χ2v) is 15.7. The summed E-state index contributed by atoms with van der Waals surface area (Å²) in [5.74, 6) is 1.99. The number of aliphatic carboxylic acids is 1. The highest BCUT2D eigenvalue weighted by Gasteiger charge is 2.59. The predicted octanol–water partition coefficient (Wildman–Crippen LogP) is 7.43. The fourth-order valence-electron chi connectivity index (χ4n) is 11.3. The Morgan fingerprint density at radius 1 is 1.07 bits per heavy atom. The van der Waals surface area contributed by atoms with E-state index in [9.17, 15) is 19.5 Å². The van der Waals surface area contributed by atoms with Gasteiger partial charge in [-0.2, -0.15) is 0 Å². The van der Waals surface area contributed by atoms with Gasteiger partial charge < -0.3 is 19.7 Å². The number of amides is 1. The molecule has 3 fully saturated rings. The Kier molecular flexibility index (Phi) is 7.68. The van der Waals surface area contributed by atoms with Crippen molar-refractivity contribution in [2.75, 3.05) is 0 Å². The van der Waals surface area contributed by atoms with Gasteiger partial charge in [0.25, 0.3) is 0 Å². The number of H-pyrrole nitrogens is 1. The molecule has 0 unspecified atom stereocenters. The second kappa shape index (κ2) is 11.3. The molecule has 0 spiro atoms. The number of hydrogen-bond donors (Lipinski definition) is 2. The molecule has 7 heteroatoms. The highest BCUT2D eigenvalue weighted by atomic mass is 16.5. The molecular formula is C38H50N2O5. The Morgan fingerprint density at radius 2 is 1.87 bits per heavy atom. The summed E-state index contributed by atoms with van der Waals surface area (Å²) in [7, 11) is 0. The number of aromatic nitrogens is 1. The maximum absolute atomic E-state index is 13.7. The molecule has 7 nitrogen and oxygen atoms in total. The number of hydrogen-bond acceptors (Lipinski definition) is 4. The summed E-state index contributed by atoms with van der Waals surface area (Å²) in [6.45, 7) is 9.23. The van der Waals surface area contributed by atoms with Crippen LogP contribution < -0.4 is 0 Å². The molecule has 242 valence electrons. The van der Waals surface area contributed by atoms with Crippen LogP contribution in [0.5, 0.6) is 0 Å². The average molecular weight is 615 g/mol. The molecule has 2 heterocycles. The number of carbonyl (C=O) groups excluding carboxylic acids is 2. The number of ether oxygens (including phenoxy) is 1. The number of benzene rings is 1. The van der Waals surface area contributed by atoms with Gasteiger partial charge >= 0.3 is 11.9 Å². The van der Waals surface area contributed by atoms with E-state index in [0.29, 0.717) is 49.0 Å². The molecule has 2 N–H and O–H groups in total. The third-order valence-electron chi connectivity index (χ3n) is 13.6. The molecule has 4 aliphatic carbocycles. The van der Waals surface area contributed by atoms with Crippen LogP contribution in [0.15, 0.2) is 35.9 Å². The van der Waals surface area contributed by atoms with Gasteiger partial charge in [-0.05, 0) is 103 Å². The van der Waals surface area contributed by atoms with Gasteiger partial charge in [0.2, 0.25) is 5.91 Å². The van der Waals surface area contributed by atoms with E-state index in [2.05, 4.69) is 31.8 Å². The van der Waals surface area contributed by atoms with E-state index in [1.807, 2.05) is 24.3 Å². The molecule has 1 aromatic heterocycles. The summed E-state index contributed by atoms with van der Waals surface area (Å²) in [4.78, 5) is 42.7. The maximum atomic E-state index is 13.7. The number of para-hydroxylation sites is 1. The minimum absolute atomic E-state index is 0.0341. The molecule has 0 saturated heterocycles. The zero-order valence-electron chi connectivity index (χ0n) is 27.4. The maximum Gasteiger partial charge on any atom is 0.326 e. The number of aromatic amines is 1. The molecule has 5 aliphatic rings. The van der Waals surface area contributed by atoms with E-state index < -0.39 is 12.0 Å². The lowest BCUT2D eigenvalue weighted by molar-refractivity contribution is -0.151. The molecule has 45 heavy (non-hydrogen) atoms. The number of esters is 1. The summed E-state index contributed by atoms with van der Waals surface area (Å²) < 4.78 is 5.63. The van der Waals surface area contributed by atoms with Crippen LogP contribution in [0.25, 0.3) is 10.9 Å². The van der Waals surface area contributed by atoms with Crippen LogP contribution >= 0.6 is 0 Å². The molecule has 1 amide bonds. The number of carbonyl (C=O) groups is 3. The van der Waals surface area contributed by atoms with Crippen molar-refractivity contribution in [2.24, 2.45) is 40.4 Å². The van der Waals surface area contributed by atoms with Crippen molar-refractivity contribution in [1.82, 2.24) is 9.88 Å². The third-order valence-corrected chi connectivity index (χ3v) is 13.6. The van der Waals surface area contributed by atoms with Gasteiger partial charge in [-0.1, -0.05) is 50.6 Å². The fourth-order valence-corrected chi connectivity index (χ4v) is 11.3. The number of carboxylic acids is 1. The molecule has 0 bridgehead atoms. The van der Waals surface area contributed by atoms with Gasteiger partial charge in [0.05, 0.1) is 6.54 Å². The highest BCUT2D eigenvalue weighted by Crippen LogP contribution is 2.67. The second-order valence-electron chi connectivity index (χ2n) is 15.7. The molecule has 7 rings (SSSR count). The fraction of sp³-hybridized carbons (Fsp3) is 0.658. The third kappa shape index (κ3) is 5.04. The zero-order valence-corrected chi connectivity index (χ0v) is 27.4. The van der Waals surface area contributed by atoms with Gasteiger partial charge in [-0.25, -0.2) is 4.79 Å². The number of rotatable bonds is 6. The van der Waals surface area contributed by atoms with E-state index in [-0.39, 0.29) is 28.8 Å². The average Bonchev–Trinajstić information content (AvgIpc) is 3.56. The lowest BCUT2D eigenvalue weighted by Gasteiger charge is -2.58. The number of allylic oxidation sites excluding steroid dienone is 1. The first-order valence-electron chi connectivity index (χ1n) is 17.5. The largest absolute Gasteiger partial charge is 0.480 e. The van der Waals surface area contributed by atoms with Crippen molar-refractivity contribution in [2.45, 2.75) is 117 Å². The number of carboxylic acid groups (broad SMARTS) is 1. The van der Waals surface area contributed by atoms with Gasteiger partial charge in [-0.3, -0.25) is 9.59 Å². The number of fused-ring (bicyclic) bond motifs is 8. The molecule has 1 aliphatic heterocycles. The zero-order chi connectivity index (χ0) is 31.7. The van der Waals surface area contributed by atoms with E-state index in [1.54, 1.807) is 4.90 Å². The first kappa shape index (κ1) is 30.6. The van der Waals surface area contributed by atoms with E-state index in [1.165, 1.54) is 38.2 Å². The van der Waals surface area contributed by atoms with Crippen molar-refractivity contribution in [3.05, 3.63) is 47.2 Å². The van der Waals surface area contributed by atoms with Crippen LogP contribution in [-0.2, 0) is 32.1 Å². The van der Waals surface area contributed by atoms with E-state index >= 15 is 0 Å². The standard InChI is InChI=1S/C38H50N2O5/c1-22(9-14-35(42)40-21-33-28(20-34(40)36(43)44)26-7-5-6-8-32(26)39-33)29-12-13-30-27-11-10-24-19-25(45-23(2)41)15-17-37(24,3)31(27)16-18-38(29,30)4/h5-8,10,22,25,27,29-31,34,39H,9,11-21H2,1-4H3,(H,43,44)/t22-,25+,27+,29-,30+,31+,34+,37+,38-/m1/s1. The summed E-state index contributed by atoms with van der Waals surface area (Å²) in [5, 5.41) is 11.2. The molecule has 3 saturated carbocycles. The smallest absolute Gasteiger partial charge is 0.326 e. The van der Waals surface area contributed by atoms with Crippen LogP contribution in [0.1, 0.15) is 103 Å². The minimum Gasteiger partial charge on any atom is -0.480 e. The first-order valence-corrected chi connectivity index (χ1v) is 17.5. The number of nitrogens with zero attached hydrogens (tertiary/aromatic N) is 1. The number of nitrogens with one attached hydrogen (secondary N) is 1. The van der Waals surface area contributed by atoms with Gasteiger partial charge in [0.1, 0.15) is 12.1 Å². The quantitative estimate of drug-likeness (QED) is 0.260. The monoisotopic (exact) mass is 614 g/mol. The predicted molar refractivity (Wildman–Crippen MR) is 173 cm³/mol. The van der Waals surface area contributed by atoms with Crippen LogP contribution in [0.3, 0.4) is 0 Å². The topological polar surface area (TPSA) is 99.7 Å². The van der Waals surface area contributed by atoms with Gasteiger partial charge in [-0.15, -0.1) is 0 Å². The molecule has 0 radical (unpaired) electrons. The summed E-state index contributed by atoms with van der Waals surface area (Å²) in [6, 6.07) is 7.18. The Balaban J connectivity index is 1.02. The van der Waals surface area contributed by atoms with Crippen molar-refractivity contribution < 1.29 is 24.2 Å². The summed E-state index contributed by atoms with van der Waals surface area (Å²) in [5.41, 5.74) is 5.04. The summed E-state index contributed by atoms with van der Waals surface area (Å²) >= 11 is 0. The van der Waals surface area contributed by atoms with Crippen LogP contribution in [0.2, 0.25) is 0 Å². The van der Waals surface area contributed by atoms with Crippen molar-refractivity contribution in [3.63, 3.8) is 0 Å². The van der Waals surface area contributed by atoms with Crippen LogP contribution in [0, 0.1) is 40.4 Å². The van der Waals surface area contributed by atoms with E-state index in [0.717, 1.165) is 54.3 Å². The van der Waals surface area contributed by atoms with Crippen LogP contribution in [-0.4, -0.2) is 45.0 Å².